The molecular formula is C19H25N3O2S. The largest absolute Gasteiger partial charge is 0.355 e. The number of aromatic amines is 1. The molecule has 0 saturated carbocycles. The Morgan fingerprint density at radius 3 is 2.68 bits per heavy atom. The topological polar surface area (TPSA) is 74.8 Å². The highest BCUT2D eigenvalue weighted by Crippen LogP contribution is 2.19. The molecule has 2 atom stereocenters. The highest BCUT2D eigenvalue weighted by atomic mass is 32.2. The monoisotopic (exact) mass is 359 g/mol. The smallest absolute Gasteiger partial charge is 0.251 e. The van der Waals surface area contributed by atoms with Crippen LogP contribution in [0.4, 0.5) is 0 Å². The highest BCUT2D eigenvalue weighted by molar-refractivity contribution is 8.00. The summed E-state index contributed by atoms with van der Waals surface area (Å²) in [6.45, 7) is 6.52. The Morgan fingerprint density at radius 1 is 1.28 bits per heavy atom. The number of aromatic nitrogens is 2. The normalized spacial score (nSPS) is 13.2. The summed E-state index contributed by atoms with van der Waals surface area (Å²) >= 11 is 1.27. The molecule has 0 aliphatic heterocycles. The number of thioether (sulfide) groups is 1. The van der Waals surface area contributed by atoms with E-state index in [1.807, 2.05) is 32.0 Å². The van der Waals surface area contributed by atoms with Crippen LogP contribution in [0.5, 0.6) is 0 Å². The second-order valence-corrected chi connectivity index (χ2v) is 7.44. The van der Waals surface area contributed by atoms with E-state index in [9.17, 15) is 9.59 Å². The van der Waals surface area contributed by atoms with Crippen molar-refractivity contribution in [2.24, 2.45) is 0 Å². The van der Waals surface area contributed by atoms with Gasteiger partial charge in [0, 0.05) is 18.3 Å². The number of amides is 1. The van der Waals surface area contributed by atoms with Crippen LogP contribution in [0.3, 0.4) is 0 Å². The molecule has 1 amide bonds. The van der Waals surface area contributed by atoms with E-state index >= 15 is 0 Å². The summed E-state index contributed by atoms with van der Waals surface area (Å²) in [5, 5.41) is 3.14. The third-order valence-corrected chi connectivity index (χ3v) is 4.87. The summed E-state index contributed by atoms with van der Waals surface area (Å²) in [4.78, 5) is 31.1. The number of rotatable bonds is 8. The van der Waals surface area contributed by atoms with Crippen molar-refractivity contribution in [2.75, 3.05) is 6.54 Å². The molecular weight excluding hydrogens is 334 g/mol. The Morgan fingerprint density at radius 2 is 2.00 bits per heavy atom. The van der Waals surface area contributed by atoms with Gasteiger partial charge in [-0.25, -0.2) is 4.98 Å². The molecule has 2 rings (SSSR count). The van der Waals surface area contributed by atoms with E-state index in [0.29, 0.717) is 11.7 Å². The van der Waals surface area contributed by atoms with Gasteiger partial charge in [0.25, 0.3) is 5.56 Å². The predicted octanol–water partition coefficient (Wildman–Crippen LogP) is 3.12. The van der Waals surface area contributed by atoms with Gasteiger partial charge >= 0.3 is 0 Å². The Labute approximate surface area is 152 Å². The van der Waals surface area contributed by atoms with Crippen LogP contribution in [0.15, 0.2) is 46.3 Å². The quantitative estimate of drug-likeness (QED) is 0.561. The van der Waals surface area contributed by atoms with Gasteiger partial charge in [-0.3, -0.25) is 9.59 Å². The van der Waals surface area contributed by atoms with Gasteiger partial charge in [-0.1, -0.05) is 62.4 Å². The fourth-order valence-electron chi connectivity index (χ4n) is 2.44. The minimum atomic E-state index is -0.331. The van der Waals surface area contributed by atoms with E-state index in [1.54, 1.807) is 0 Å². The maximum absolute atomic E-state index is 12.3. The minimum absolute atomic E-state index is 0.0590. The van der Waals surface area contributed by atoms with Gasteiger partial charge in [-0.05, 0) is 24.8 Å². The summed E-state index contributed by atoms with van der Waals surface area (Å²) in [5.74, 6) is 0.185. The van der Waals surface area contributed by atoms with E-state index in [1.165, 1.54) is 23.4 Å². The molecule has 0 aliphatic carbocycles. The maximum Gasteiger partial charge on any atom is 0.251 e. The van der Waals surface area contributed by atoms with Crippen molar-refractivity contribution in [3.63, 3.8) is 0 Å². The van der Waals surface area contributed by atoms with E-state index in [4.69, 9.17) is 0 Å². The van der Waals surface area contributed by atoms with Crippen LogP contribution in [-0.4, -0.2) is 27.7 Å². The molecule has 1 heterocycles. The maximum atomic E-state index is 12.3. The molecule has 0 fully saturated rings. The van der Waals surface area contributed by atoms with Crippen LogP contribution in [-0.2, 0) is 11.2 Å². The van der Waals surface area contributed by atoms with Gasteiger partial charge in [0.2, 0.25) is 5.91 Å². The van der Waals surface area contributed by atoms with Gasteiger partial charge in [0.15, 0.2) is 5.16 Å². The fourth-order valence-corrected chi connectivity index (χ4v) is 3.30. The van der Waals surface area contributed by atoms with Gasteiger partial charge in [-0.2, -0.15) is 0 Å². The molecule has 25 heavy (non-hydrogen) atoms. The molecule has 0 unspecified atom stereocenters. The SMILES string of the molecule is CCCc1cc(=O)[nH]c(S[C@H](C)C(=O)NC[C@H](C)c2ccccc2)n1. The number of benzene rings is 1. The van der Waals surface area contributed by atoms with E-state index < -0.39 is 0 Å². The number of aryl methyl sites for hydroxylation is 1. The Kier molecular flexibility index (Phi) is 7.25. The molecule has 1 aromatic heterocycles. The van der Waals surface area contributed by atoms with Gasteiger partial charge < -0.3 is 10.3 Å². The first-order valence-electron chi connectivity index (χ1n) is 8.59. The summed E-state index contributed by atoms with van der Waals surface area (Å²) in [5.41, 5.74) is 1.78. The van der Waals surface area contributed by atoms with Crippen molar-refractivity contribution in [1.29, 1.82) is 0 Å². The molecule has 0 spiro atoms. The first kappa shape index (κ1) is 19.2. The number of hydrogen-bond acceptors (Lipinski definition) is 4. The lowest BCUT2D eigenvalue weighted by Gasteiger charge is -2.16. The zero-order valence-electron chi connectivity index (χ0n) is 14.9. The van der Waals surface area contributed by atoms with Crippen molar-refractivity contribution in [3.05, 3.63) is 58.0 Å². The second kappa shape index (κ2) is 9.42. The van der Waals surface area contributed by atoms with Crippen molar-refractivity contribution >= 4 is 17.7 Å². The molecule has 0 saturated heterocycles. The number of H-pyrrole nitrogens is 1. The Bertz CT molecular complexity index is 746. The lowest BCUT2D eigenvalue weighted by molar-refractivity contribution is -0.120. The Hall–Kier alpha value is -2.08. The molecule has 2 N–H and O–H groups in total. The van der Waals surface area contributed by atoms with E-state index in [2.05, 4.69) is 34.3 Å². The fraction of sp³-hybridized carbons (Fsp3) is 0.421. The molecule has 6 heteroatoms. The number of hydrogen-bond donors (Lipinski definition) is 2. The minimum Gasteiger partial charge on any atom is -0.355 e. The van der Waals surface area contributed by atoms with Crippen LogP contribution < -0.4 is 10.9 Å². The van der Waals surface area contributed by atoms with Gasteiger partial charge in [-0.15, -0.1) is 0 Å². The molecule has 0 radical (unpaired) electrons. The van der Waals surface area contributed by atoms with Crippen LogP contribution >= 0.6 is 11.8 Å². The number of carbonyl (C=O) groups is 1. The first-order chi connectivity index (χ1) is 12.0. The standard InChI is InChI=1S/C19H25N3O2S/c1-4-8-16-11-17(23)22-19(21-16)25-14(3)18(24)20-12-13(2)15-9-6-5-7-10-15/h5-7,9-11,13-14H,4,8,12H2,1-3H3,(H,20,24)(H,21,22,23)/t13-,14+/m0/s1. The zero-order valence-corrected chi connectivity index (χ0v) is 15.7. The lowest BCUT2D eigenvalue weighted by atomic mass is 10.0. The van der Waals surface area contributed by atoms with Gasteiger partial charge in [0.05, 0.1) is 5.25 Å². The number of nitrogens with zero attached hydrogens (tertiary/aromatic N) is 1. The van der Waals surface area contributed by atoms with Gasteiger partial charge in [0.1, 0.15) is 0 Å². The van der Waals surface area contributed by atoms with Crippen LogP contribution in [0.25, 0.3) is 0 Å². The van der Waals surface area contributed by atoms with Crippen molar-refractivity contribution in [2.45, 2.75) is 49.9 Å². The third-order valence-electron chi connectivity index (χ3n) is 3.89. The molecule has 5 nitrogen and oxygen atoms in total. The number of nitrogens with one attached hydrogen (secondary N) is 2. The summed E-state index contributed by atoms with van der Waals surface area (Å²) in [6.07, 6.45) is 1.68. The van der Waals surface area contributed by atoms with Crippen molar-refractivity contribution in [3.8, 4) is 0 Å². The molecule has 1 aromatic carbocycles. The van der Waals surface area contributed by atoms with Crippen LogP contribution in [0.2, 0.25) is 0 Å². The summed E-state index contributed by atoms with van der Waals surface area (Å²) in [6, 6.07) is 11.6. The third kappa shape index (κ3) is 6.05. The lowest BCUT2D eigenvalue weighted by Crippen LogP contribution is -2.33. The summed E-state index contributed by atoms with van der Waals surface area (Å²) in [7, 11) is 0. The second-order valence-electron chi connectivity index (χ2n) is 6.11. The van der Waals surface area contributed by atoms with Crippen LogP contribution in [0, 0.1) is 0 Å². The summed E-state index contributed by atoms with van der Waals surface area (Å²) < 4.78 is 0. The van der Waals surface area contributed by atoms with E-state index in [0.717, 1.165) is 18.5 Å². The molecule has 0 bridgehead atoms. The number of carbonyl (C=O) groups excluding carboxylic acids is 1. The highest BCUT2D eigenvalue weighted by Gasteiger charge is 2.17. The molecule has 134 valence electrons. The Balaban J connectivity index is 1.91. The van der Waals surface area contributed by atoms with Crippen LogP contribution in [0.1, 0.15) is 44.4 Å². The molecule has 0 aliphatic rings. The predicted molar refractivity (Wildman–Crippen MR) is 102 cm³/mol. The average molecular weight is 359 g/mol. The van der Waals surface area contributed by atoms with E-state index in [-0.39, 0.29) is 22.6 Å². The average Bonchev–Trinajstić information content (AvgIpc) is 2.59. The first-order valence-corrected chi connectivity index (χ1v) is 9.47. The zero-order chi connectivity index (χ0) is 18.2. The van der Waals surface area contributed by atoms with Crippen molar-refractivity contribution in [1.82, 2.24) is 15.3 Å². The van der Waals surface area contributed by atoms with Crippen molar-refractivity contribution < 1.29 is 4.79 Å². The molecule has 2 aromatic rings.